The number of nitrogens with zero attached hydrogens (tertiary/aromatic N) is 3. The van der Waals surface area contributed by atoms with Gasteiger partial charge in [0, 0.05) is 12.5 Å². The molecular formula is C12H16ClN3O. The van der Waals surface area contributed by atoms with Crippen LogP contribution >= 0.6 is 11.6 Å². The van der Waals surface area contributed by atoms with Crippen molar-refractivity contribution in [3.8, 4) is 0 Å². The standard InChI is InChI=1S/C12H16ClN3O/c1-8-7-17-5-4-16(8)12-14-10(9-2-3-9)6-11(13)15-12/h6,8-9H,2-5,7H2,1H3. The maximum absolute atomic E-state index is 6.08. The Morgan fingerprint density at radius 2 is 2.24 bits per heavy atom. The summed E-state index contributed by atoms with van der Waals surface area (Å²) in [5.74, 6) is 1.36. The van der Waals surface area contributed by atoms with Gasteiger partial charge in [0.05, 0.1) is 24.9 Å². The zero-order chi connectivity index (χ0) is 11.8. The Hall–Kier alpha value is -0.870. The van der Waals surface area contributed by atoms with E-state index >= 15 is 0 Å². The zero-order valence-electron chi connectivity index (χ0n) is 9.90. The average Bonchev–Trinajstić information content (AvgIpc) is 3.12. The molecule has 5 heteroatoms. The number of hydrogen-bond donors (Lipinski definition) is 0. The number of anilines is 1. The molecule has 1 saturated carbocycles. The molecule has 1 aliphatic heterocycles. The van der Waals surface area contributed by atoms with Crippen LogP contribution in [0.5, 0.6) is 0 Å². The van der Waals surface area contributed by atoms with Crippen molar-refractivity contribution in [3.05, 3.63) is 16.9 Å². The molecule has 3 rings (SSSR count). The molecule has 2 heterocycles. The second-order valence-corrected chi connectivity index (χ2v) is 5.19. The van der Waals surface area contributed by atoms with Crippen LogP contribution < -0.4 is 4.90 Å². The van der Waals surface area contributed by atoms with Gasteiger partial charge in [0.15, 0.2) is 0 Å². The Balaban J connectivity index is 1.90. The molecule has 1 aromatic rings. The summed E-state index contributed by atoms with van der Waals surface area (Å²) in [6, 6.07) is 2.21. The van der Waals surface area contributed by atoms with Gasteiger partial charge in [0.25, 0.3) is 0 Å². The quantitative estimate of drug-likeness (QED) is 0.758. The van der Waals surface area contributed by atoms with E-state index in [0.29, 0.717) is 17.1 Å². The molecule has 2 aliphatic rings. The summed E-state index contributed by atoms with van der Waals surface area (Å²) in [4.78, 5) is 11.2. The van der Waals surface area contributed by atoms with Gasteiger partial charge in [0.2, 0.25) is 5.95 Å². The van der Waals surface area contributed by atoms with Crippen molar-refractivity contribution in [3.63, 3.8) is 0 Å². The summed E-state index contributed by atoms with van der Waals surface area (Å²) in [7, 11) is 0. The summed E-state index contributed by atoms with van der Waals surface area (Å²) < 4.78 is 5.42. The number of hydrogen-bond acceptors (Lipinski definition) is 4. The molecule has 1 aromatic heterocycles. The molecule has 1 aliphatic carbocycles. The van der Waals surface area contributed by atoms with Gasteiger partial charge in [-0.2, -0.15) is 0 Å². The van der Waals surface area contributed by atoms with Crippen molar-refractivity contribution >= 4 is 17.5 Å². The highest BCUT2D eigenvalue weighted by Gasteiger charge is 2.28. The predicted octanol–water partition coefficient (Wildman–Crippen LogP) is 2.23. The van der Waals surface area contributed by atoms with Crippen molar-refractivity contribution in [2.45, 2.75) is 31.7 Å². The van der Waals surface area contributed by atoms with Gasteiger partial charge >= 0.3 is 0 Å². The van der Waals surface area contributed by atoms with Gasteiger partial charge in [-0.05, 0) is 25.8 Å². The molecule has 0 spiro atoms. The molecule has 17 heavy (non-hydrogen) atoms. The molecule has 1 unspecified atom stereocenters. The zero-order valence-corrected chi connectivity index (χ0v) is 10.7. The Labute approximate surface area is 106 Å². The van der Waals surface area contributed by atoms with Gasteiger partial charge in [-0.15, -0.1) is 0 Å². The Kier molecular flexibility index (Phi) is 2.92. The minimum Gasteiger partial charge on any atom is -0.377 e. The van der Waals surface area contributed by atoms with E-state index in [0.717, 1.165) is 31.4 Å². The SMILES string of the molecule is CC1COCCN1c1nc(Cl)cc(C2CC2)n1. The predicted molar refractivity (Wildman–Crippen MR) is 66.6 cm³/mol. The third kappa shape index (κ3) is 2.38. The van der Waals surface area contributed by atoms with Crippen LogP contribution in [0.1, 0.15) is 31.4 Å². The number of ether oxygens (including phenoxy) is 1. The van der Waals surface area contributed by atoms with E-state index in [4.69, 9.17) is 16.3 Å². The van der Waals surface area contributed by atoms with Crippen LogP contribution in [0.3, 0.4) is 0 Å². The van der Waals surface area contributed by atoms with Crippen LogP contribution in [0.25, 0.3) is 0 Å². The fourth-order valence-electron chi connectivity index (χ4n) is 2.16. The number of halogens is 1. The van der Waals surface area contributed by atoms with Crippen molar-refractivity contribution < 1.29 is 4.74 Å². The van der Waals surface area contributed by atoms with E-state index in [-0.39, 0.29) is 0 Å². The summed E-state index contributed by atoms with van der Waals surface area (Å²) in [6.45, 7) is 4.43. The van der Waals surface area contributed by atoms with E-state index < -0.39 is 0 Å². The van der Waals surface area contributed by atoms with Gasteiger partial charge in [-0.1, -0.05) is 11.6 Å². The number of morpholine rings is 1. The van der Waals surface area contributed by atoms with Gasteiger partial charge in [0.1, 0.15) is 5.15 Å². The average molecular weight is 254 g/mol. The molecule has 1 saturated heterocycles. The fourth-order valence-corrected chi connectivity index (χ4v) is 2.35. The maximum atomic E-state index is 6.08. The Bertz CT molecular complexity index is 422. The molecule has 1 atom stereocenters. The first kappa shape index (κ1) is 11.2. The third-order valence-electron chi connectivity index (χ3n) is 3.32. The largest absolute Gasteiger partial charge is 0.377 e. The summed E-state index contributed by atoms with van der Waals surface area (Å²) in [6.07, 6.45) is 2.46. The summed E-state index contributed by atoms with van der Waals surface area (Å²) in [5.41, 5.74) is 1.10. The smallest absolute Gasteiger partial charge is 0.227 e. The van der Waals surface area contributed by atoms with E-state index in [1.165, 1.54) is 12.8 Å². The highest BCUT2D eigenvalue weighted by atomic mass is 35.5. The lowest BCUT2D eigenvalue weighted by Crippen LogP contribution is -2.44. The van der Waals surface area contributed by atoms with Crippen LogP contribution in [-0.4, -0.2) is 35.8 Å². The second-order valence-electron chi connectivity index (χ2n) is 4.81. The van der Waals surface area contributed by atoms with Crippen LogP contribution in [0.4, 0.5) is 5.95 Å². The monoisotopic (exact) mass is 253 g/mol. The molecule has 0 radical (unpaired) electrons. The topological polar surface area (TPSA) is 38.2 Å². The van der Waals surface area contributed by atoms with Gasteiger partial charge < -0.3 is 9.64 Å². The molecule has 2 fully saturated rings. The normalized spacial score (nSPS) is 25.1. The van der Waals surface area contributed by atoms with Crippen molar-refractivity contribution in [2.24, 2.45) is 0 Å². The first-order valence-electron chi connectivity index (χ1n) is 6.13. The van der Waals surface area contributed by atoms with E-state index in [1.807, 2.05) is 6.07 Å². The maximum Gasteiger partial charge on any atom is 0.227 e. The van der Waals surface area contributed by atoms with E-state index in [9.17, 15) is 0 Å². The Morgan fingerprint density at radius 1 is 1.41 bits per heavy atom. The van der Waals surface area contributed by atoms with E-state index in [2.05, 4.69) is 21.8 Å². The highest BCUT2D eigenvalue weighted by molar-refractivity contribution is 6.29. The number of rotatable bonds is 2. The molecule has 0 amide bonds. The highest BCUT2D eigenvalue weighted by Crippen LogP contribution is 2.40. The van der Waals surface area contributed by atoms with Crippen LogP contribution in [0, 0.1) is 0 Å². The fraction of sp³-hybridized carbons (Fsp3) is 0.667. The molecule has 0 aromatic carbocycles. The van der Waals surface area contributed by atoms with Crippen molar-refractivity contribution in [1.82, 2.24) is 9.97 Å². The van der Waals surface area contributed by atoms with Crippen LogP contribution in [0.15, 0.2) is 6.07 Å². The lowest BCUT2D eigenvalue weighted by atomic mass is 10.2. The van der Waals surface area contributed by atoms with Gasteiger partial charge in [-0.25, -0.2) is 9.97 Å². The summed E-state index contributed by atoms with van der Waals surface area (Å²) >= 11 is 6.08. The van der Waals surface area contributed by atoms with Crippen molar-refractivity contribution in [1.29, 1.82) is 0 Å². The summed E-state index contributed by atoms with van der Waals surface area (Å²) in [5, 5.41) is 0.551. The van der Waals surface area contributed by atoms with Crippen LogP contribution in [-0.2, 0) is 4.74 Å². The van der Waals surface area contributed by atoms with Crippen molar-refractivity contribution in [2.75, 3.05) is 24.7 Å². The molecule has 0 bridgehead atoms. The molecule has 92 valence electrons. The third-order valence-corrected chi connectivity index (χ3v) is 3.52. The van der Waals surface area contributed by atoms with E-state index in [1.54, 1.807) is 0 Å². The first-order valence-corrected chi connectivity index (χ1v) is 6.50. The lowest BCUT2D eigenvalue weighted by molar-refractivity contribution is 0.0980. The van der Waals surface area contributed by atoms with Crippen LogP contribution in [0.2, 0.25) is 5.15 Å². The first-order chi connectivity index (χ1) is 8.24. The molecule has 0 N–H and O–H groups in total. The minimum atomic E-state index is 0.314. The minimum absolute atomic E-state index is 0.314. The second kappa shape index (κ2) is 4.42. The molecule has 4 nitrogen and oxygen atoms in total. The molecular weight excluding hydrogens is 238 g/mol. The lowest BCUT2D eigenvalue weighted by Gasteiger charge is -2.33. The number of aromatic nitrogens is 2. The van der Waals surface area contributed by atoms with Gasteiger partial charge in [-0.3, -0.25) is 0 Å². The Morgan fingerprint density at radius 3 is 2.94 bits per heavy atom.